The molecule has 4 saturated heterocycles. The number of piperidine rings is 1. The second kappa shape index (κ2) is 37.3. The fourth-order valence-corrected chi connectivity index (χ4v) is 15.1. The molecule has 37 nitrogen and oxygen atoms in total. The number of aliphatic hydroxyl groups excluding tert-OH is 1. The van der Waals surface area contributed by atoms with Crippen LogP contribution in [-0.2, 0) is 77.5 Å². The normalized spacial score (nSPS) is 20.1. The lowest BCUT2D eigenvalue weighted by Crippen LogP contribution is -2.62. The molecule has 4 fully saturated rings. The van der Waals surface area contributed by atoms with E-state index in [1.165, 1.54) is 66.5 Å². The lowest BCUT2D eigenvalue weighted by atomic mass is 9.77. The first-order valence-electron chi connectivity index (χ1n) is 37.2. The number of rotatable bonds is 33. The number of nitrogens with one attached hydrogen (secondary N) is 7. The molecule has 1 aromatic heterocycles. The molecule has 113 heavy (non-hydrogen) atoms. The highest BCUT2D eigenvalue weighted by Gasteiger charge is 2.55. The molecule has 4 aromatic rings. The molecule has 7 heterocycles. The van der Waals surface area contributed by atoms with Gasteiger partial charge < -0.3 is 108 Å². The number of fused-ring (bicyclic) bond motifs is 6. The van der Waals surface area contributed by atoms with Gasteiger partial charge in [0.05, 0.1) is 17.9 Å². The van der Waals surface area contributed by atoms with Crippen LogP contribution in [0.25, 0.3) is 0 Å². The number of ether oxygens (including phenoxy) is 2. The molecule has 0 aliphatic carbocycles. The molecular weight excluding hydrogens is 1500 g/mol. The van der Waals surface area contributed by atoms with E-state index in [1.807, 2.05) is 0 Å². The van der Waals surface area contributed by atoms with E-state index in [2.05, 4.69) is 47.4 Å². The number of aromatic nitrogens is 1. The van der Waals surface area contributed by atoms with E-state index < -0.39 is 188 Å². The van der Waals surface area contributed by atoms with Gasteiger partial charge >= 0.3 is 23.9 Å². The number of unbranched alkanes of at least 4 members (excludes halogenated alkanes) is 1. The largest absolute Gasteiger partial charge is 0.508 e. The molecule has 1 unspecified atom stereocenters. The van der Waals surface area contributed by atoms with Crippen LogP contribution in [0.4, 0.5) is 5.69 Å². The van der Waals surface area contributed by atoms with Crippen molar-refractivity contribution >= 4 is 112 Å². The van der Waals surface area contributed by atoms with Crippen LogP contribution < -0.4 is 47.7 Å². The summed E-state index contributed by atoms with van der Waals surface area (Å²) in [5.74, 6) is -13.1. The van der Waals surface area contributed by atoms with Crippen LogP contribution in [-0.4, -0.2) is 249 Å². The number of likely N-dealkylation sites (tertiary alicyclic amines) is 4. The number of hydrogen-bond acceptors (Lipinski definition) is 23. The Balaban J connectivity index is 0.731. The Morgan fingerprint density at radius 2 is 1.21 bits per heavy atom. The van der Waals surface area contributed by atoms with Crippen LogP contribution in [0.15, 0.2) is 84.3 Å². The molecule has 0 radical (unpaired) electrons. The number of pyridine rings is 1. The van der Waals surface area contributed by atoms with Crippen LogP contribution in [0.2, 0.25) is 0 Å². The van der Waals surface area contributed by atoms with Gasteiger partial charge in [0.25, 0.3) is 0 Å². The minimum Gasteiger partial charge on any atom is -0.508 e. The second-order valence-electron chi connectivity index (χ2n) is 28.4. The van der Waals surface area contributed by atoms with Gasteiger partial charge in [-0.15, -0.1) is 0 Å². The molecule has 6 aliphatic rings. The third-order valence-electron chi connectivity index (χ3n) is 20.6. The molecule has 3 aromatic carbocycles. The van der Waals surface area contributed by atoms with Gasteiger partial charge in [-0.3, -0.25) is 67.3 Å². The molecule has 0 saturated carbocycles. The number of aliphatic carboxylic acids is 3. The van der Waals surface area contributed by atoms with Crippen LogP contribution in [0, 0.1) is 0 Å². The monoisotopic (exact) mass is 1590 g/mol. The maximum absolute atomic E-state index is 15.0. The molecule has 11 atom stereocenters. The van der Waals surface area contributed by atoms with Gasteiger partial charge in [-0.25, -0.2) is 4.79 Å². The lowest BCUT2D eigenvalue weighted by molar-refractivity contribution is -0.153. The second-order valence-corrected chi connectivity index (χ2v) is 28.8. The summed E-state index contributed by atoms with van der Waals surface area (Å²) in [7, 11) is 0. The minimum absolute atomic E-state index is 0.0218. The number of carboxylic acids is 3. The van der Waals surface area contributed by atoms with E-state index in [0.29, 0.717) is 66.6 Å². The molecule has 1 spiro atoms. The number of carbonyl (C=O) groups is 14. The molecule has 6 aliphatic heterocycles. The van der Waals surface area contributed by atoms with Crippen LogP contribution >= 0.6 is 12.2 Å². The molecule has 38 heteroatoms. The van der Waals surface area contributed by atoms with E-state index in [1.54, 1.807) is 42.5 Å². The van der Waals surface area contributed by atoms with Gasteiger partial charge in [0.2, 0.25) is 59.1 Å². The summed E-state index contributed by atoms with van der Waals surface area (Å²) in [5, 5.41) is 83.2. The van der Waals surface area contributed by atoms with E-state index in [0.717, 1.165) is 9.80 Å². The quantitative estimate of drug-likeness (QED) is 0.0103. The number of esters is 1. The SMILES string of the molecule is C[C@H](NC(=O)[C@@H](NC(=O)[C@@H]1CCCN1C(=O)[C@H](CCC(=O)O)NC(=O)[C@@H]1CCCN1C(=O)CCCCNC(=S)Nc1ccc2c(c1)C1(OC2=O)c2ccc(O)cc2Oc2cc(O)ccc21)[C@@H](C)O)C(=O)N1CCCCC1C(=O)N1CC[C@H](O/N=C\c2ccncc2)[C@H]1C(=O)N[C@@H](CCC(=O)O)C(=O)N[C@@H](CCC(=O)O)C(N)=O. The summed E-state index contributed by atoms with van der Waals surface area (Å²) in [6.45, 7) is 2.76. The Bertz CT molecular complexity index is 4320. The number of aromatic hydroxyl groups is 2. The van der Waals surface area contributed by atoms with Crippen molar-refractivity contribution in [3.05, 3.63) is 107 Å². The number of carboxylic acid groups (broad SMARTS) is 3. The average Bonchev–Trinajstić information content (AvgIpc) is 1.58. The van der Waals surface area contributed by atoms with Gasteiger partial charge in [0.15, 0.2) is 22.9 Å². The summed E-state index contributed by atoms with van der Waals surface area (Å²) in [4.78, 5) is 204. The Labute approximate surface area is 652 Å². The lowest BCUT2D eigenvalue weighted by Gasteiger charge is -2.39. The molecule has 0 bridgehead atoms. The number of oxime groups is 1. The zero-order valence-electron chi connectivity index (χ0n) is 61.8. The average molecular weight is 1590 g/mol. The van der Waals surface area contributed by atoms with Crippen molar-refractivity contribution in [3.63, 3.8) is 0 Å². The molecule has 15 N–H and O–H groups in total. The molecule has 10 rings (SSSR count). The van der Waals surface area contributed by atoms with E-state index in [4.69, 9.17) is 32.3 Å². The van der Waals surface area contributed by atoms with E-state index in [-0.39, 0.29) is 104 Å². The fraction of sp³-hybridized carbons (Fsp3) is 0.480. The summed E-state index contributed by atoms with van der Waals surface area (Å²) in [5.41, 5.74) is 6.55. The molecular formula is C75H90N14O23S. The van der Waals surface area contributed by atoms with Crippen LogP contribution in [0.1, 0.15) is 156 Å². The summed E-state index contributed by atoms with van der Waals surface area (Å²) in [6.07, 6.45) is 0.706. The summed E-state index contributed by atoms with van der Waals surface area (Å²) >= 11 is 5.63. The smallest absolute Gasteiger partial charge is 0.340 e. The van der Waals surface area contributed by atoms with Crippen molar-refractivity contribution in [2.45, 2.75) is 195 Å². The fourth-order valence-electron chi connectivity index (χ4n) is 14.9. The highest BCUT2D eigenvalue weighted by Crippen LogP contribution is 2.57. The Morgan fingerprint density at radius 1 is 0.628 bits per heavy atom. The third kappa shape index (κ3) is 20.0. The van der Waals surface area contributed by atoms with Crippen molar-refractivity contribution in [3.8, 4) is 23.0 Å². The molecule has 10 amide bonds. The predicted octanol–water partition coefficient (Wildman–Crippen LogP) is 0.805. The Hall–Kier alpha value is -12.1. The first kappa shape index (κ1) is 83.4. The predicted molar refractivity (Wildman–Crippen MR) is 399 cm³/mol. The Morgan fingerprint density at radius 3 is 1.85 bits per heavy atom. The first-order valence-corrected chi connectivity index (χ1v) is 37.6. The summed E-state index contributed by atoms with van der Waals surface area (Å²) in [6, 6.07) is 3.80. The zero-order valence-corrected chi connectivity index (χ0v) is 62.6. The number of phenolic OH excluding ortho intramolecular Hbond substituents is 2. The van der Waals surface area contributed by atoms with Crippen molar-refractivity contribution < 1.29 is 112 Å². The van der Waals surface area contributed by atoms with Gasteiger partial charge in [0.1, 0.15) is 71.3 Å². The highest BCUT2D eigenvalue weighted by atomic mass is 32.1. The maximum Gasteiger partial charge on any atom is 0.340 e. The minimum atomic E-state index is -1.77. The van der Waals surface area contributed by atoms with E-state index >= 15 is 0 Å². The number of nitrogens with zero attached hydrogens (tertiary/aromatic N) is 6. The highest BCUT2D eigenvalue weighted by molar-refractivity contribution is 7.80. The number of amides is 10. The zero-order chi connectivity index (χ0) is 81.5. The van der Waals surface area contributed by atoms with Gasteiger partial charge in [-0.05, 0) is 163 Å². The number of nitrogens with two attached hydrogens (primary N) is 1. The van der Waals surface area contributed by atoms with Gasteiger partial charge in [-0.2, -0.15) is 0 Å². The first-order chi connectivity index (χ1) is 53.9. The van der Waals surface area contributed by atoms with E-state index in [9.17, 15) is 97.8 Å². The molecule has 604 valence electrons. The number of thiocarbonyl (C=S) groups is 1. The number of anilines is 1. The number of carbonyl (C=O) groups excluding carboxylic acids is 11. The van der Waals surface area contributed by atoms with Crippen LogP contribution in [0.3, 0.4) is 0 Å². The van der Waals surface area contributed by atoms with Crippen molar-refractivity contribution in [1.29, 1.82) is 0 Å². The number of benzene rings is 3. The van der Waals surface area contributed by atoms with Crippen molar-refractivity contribution in [2.24, 2.45) is 10.9 Å². The van der Waals surface area contributed by atoms with Crippen molar-refractivity contribution in [2.75, 3.05) is 38.0 Å². The number of phenols is 2. The number of hydrogen-bond donors (Lipinski definition) is 14. The Kier molecular flexibility index (Phi) is 27.5. The number of aliphatic hydroxyl groups is 1. The maximum atomic E-state index is 15.0. The number of primary amides is 1. The van der Waals surface area contributed by atoms with Crippen molar-refractivity contribution in [1.82, 2.24) is 56.5 Å². The summed E-state index contributed by atoms with van der Waals surface area (Å²) < 4.78 is 12.2. The van der Waals surface area contributed by atoms with Crippen LogP contribution in [0.5, 0.6) is 23.0 Å². The van der Waals surface area contributed by atoms with Gasteiger partial charge in [0, 0.05) is 112 Å². The third-order valence-corrected chi connectivity index (χ3v) is 20.8. The van der Waals surface area contributed by atoms with Gasteiger partial charge in [-0.1, -0.05) is 5.16 Å². The standard InChI is InChI=1S/C75H90N14O23S/c1-39(70(106)88-31-6-4-9-54(88)72(108)89-34-27-55(112-79-38-41-25-29-77-30-26-41)63(89)69(105)83-50(20-23-60(96)97)65(101)82-49(64(76)100)19-22-59(94)95)80-68(104)62(40(2)90)85-67(103)53-11-8-33-87(53)71(107)51(21-24-61(98)99)84-66(102)52-10-7-32-86(52)58(93)12-3-5-28-78-74(113)81-42-13-16-45-48(35-42)75(111-73(45)109)46-17-14-43(91)36-56(46)110-57-37-44(92)15-18-47(57)75/h13-18,25-26,29-30,35-40,49-55,62-63,90-92H,3-12,19-24,27-28,31-34H2,1-2H3,(H2,76,100)(H,80,104)(H,82,101)(H,83,105)(H,84,102)(H,85,103)(H,94,95)(H,96,97)(H,98,99)(H2,78,81,113)/b79-38-/t39-,40+,49-,50-,51-,52-,53-,54?,55-,62-,63-/m0/s1. The topological polar surface area (TPSA) is 536 Å².